The van der Waals surface area contributed by atoms with E-state index in [1.807, 2.05) is 24.3 Å². The third-order valence-electron chi connectivity index (χ3n) is 4.89. The number of pyridine rings is 1. The summed E-state index contributed by atoms with van der Waals surface area (Å²) in [6, 6.07) is 12.7. The van der Waals surface area contributed by atoms with Crippen molar-refractivity contribution in [1.82, 2.24) is 4.98 Å². The van der Waals surface area contributed by atoms with Crippen molar-refractivity contribution >= 4 is 39.9 Å². The molecule has 0 aliphatic carbocycles. The second kappa shape index (κ2) is 9.26. The molecule has 0 bridgehead atoms. The van der Waals surface area contributed by atoms with E-state index in [1.54, 1.807) is 19.1 Å². The van der Waals surface area contributed by atoms with Crippen molar-refractivity contribution < 1.29 is 19.4 Å². The summed E-state index contributed by atoms with van der Waals surface area (Å²) in [6.45, 7) is 7.97. The highest BCUT2D eigenvalue weighted by Gasteiger charge is 2.20. The molecule has 1 aromatic heterocycles. The molecule has 3 rings (SSSR count). The predicted molar refractivity (Wildman–Crippen MR) is 118 cm³/mol. The van der Waals surface area contributed by atoms with E-state index in [0.29, 0.717) is 16.6 Å². The van der Waals surface area contributed by atoms with Crippen molar-refractivity contribution in [2.75, 3.05) is 29.9 Å². The molecule has 0 aliphatic heterocycles. The van der Waals surface area contributed by atoms with Crippen LogP contribution < -0.4 is 10.2 Å². The molecule has 0 spiro atoms. The maximum atomic E-state index is 12.5. The van der Waals surface area contributed by atoms with Crippen molar-refractivity contribution in [2.45, 2.75) is 20.8 Å². The number of anilines is 3. The number of aromatic carboxylic acids is 1. The molecule has 1 heterocycles. The SMILES string of the molecule is CCOC(=O)c1cnc2c(C(=O)O)cccc2c1Nc1ccc(N(CC)CC)cc1. The van der Waals surface area contributed by atoms with Crippen molar-refractivity contribution in [3.8, 4) is 0 Å². The van der Waals surface area contributed by atoms with Gasteiger partial charge in [0.15, 0.2) is 0 Å². The van der Waals surface area contributed by atoms with Crippen LogP contribution in [0.1, 0.15) is 41.5 Å². The van der Waals surface area contributed by atoms with E-state index in [9.17, 15) is 14.7 Å². The van der Waals surface area contributed by atoms with Crippen molar-refractivity contribution in [3.63, 3.8) is 0 Å². The highest BCUT2D eigenvalue weighted by Crippen LogP contribution is 2.32. The maximum Gasteiger partial charge on any atom is 0.341 e. The molecule has 0 radical (unpaired) electrons. The van der Waals surface area contributed by atoms with Crippen LogP contribution in [0.15, 0.2) is 48.7 Å². The van der Waals surface area contributed by atoms with E-state index >= 15 is 0 Å². The zero-order valence-corrected chi connectivity index (χ0v) is 17.3. The summed E-state index contributed by atoms with van der Waals surface area (Å²) in [4.78, 5) is 30.6. The van der Waals surface area contributed by atoms with Crippen molar-refractivity contribution in [2.24, 2.45) is 0 Å². The number of aromatic nitrogens is 1. The van der Waals surface area contributed by atoms with Gasteiger partial charge in [-0.1, -0.05) is 12.1 Å². The largest absolute Gasteiger partial charge is 0.478 e. The van der Waals surface area contributed by atoms with Crippen molar-refractivity contribution in [1.29, 1.82) is 0 Å². The molecule has 2 aromatic carbocycles. The first-order chi connectivity index (χ1) is 14.5. The van der Waals surface area contributed by atoms with Crippen LogP contribution in [0.5, 0.6) is 0 Å². The highest BCUT2D eigenvalue weighted by atomic mass is 16.5. The first kappa shape index (κ1) is 21.1. The number of hydrogen-bond acceptors (Lipinski definition) is 6. The number of carboxylic acid groups (broad SMARTS) is 1. The number of benzene rings is 2. The second-order valence-corrected chi connectivity index (χ2v) is 6.62. The normalized spacial score (nSPS) is 10.6. The van der Waals surface area contributed by atoms with Gasteiger partial charge in [-0.2, -0.15) is 0 Å². The van der Waals surface area contributed by atoms with E-state index in [1.165, 1.54) is 12.3 Å². The molecule has 156 valence electrons. The van der Waals surface area contributed by atoms with Crippen molar-refractivity contribution in [3.05, 3.63) is 59.8 Å². The lowest BCUT2D eigenvalue weighted by Gasteiger charge is -2.21. The molecule has 0 saturated carbocycles. The quantitative estimate of drug-likeness (QED) is 0.523. The molecule has 7 nitrogen and oxygen atoms in total. The van der Waals surface area contributed by atoms with Gasteiger partial charge in [-0.05, 0) is 51.1 Å². The molecule has 0 atom stereocenters. The molecule has 2 N–H and O–H groups in total. The fourth-order valence-corrected chi connectivity index (χ4v) is 3.38. The third kappa shape index (κ3) is 4.20. The maximum absolute atomic E-state index is 12.5. The van der Waals surface area contributed by atoms with Gasteiger partial charge in [0.2, 0.25) is 0 Å². The number of nitrogens with zero attached hydrogens (tertiary/aromatic N) is 2. The number of hydrogen-bond donors (Lipinski definition) is 2. The number of esters is 1. The number of para-hydroxylation sites is 1. The number of ether oxygens (including phenoxy) is 1. The lowest BCUT2D eigenvalue weighted by atomic mass is 10.0. The third-order valence-corrected chi connectivity index (χ3v) is 4.89. The molecule has 0 unspecified atom stereocenters. The molecular weight excluding hydrogens is 382 g/mol. The topological polar surface area (TPSA) is 91.8 Å². The van der Waals surface area contributed by atoms with Gasteiger partial charge in [0.25, 0.3) is 0 Å². The Morgan fingerprint density at radius 1 is 1.03 bits per heavy atom. The predicted octanol–water partition coefficient (Wildman–Crippen LogP) is 4.70. The Bertz CT molecular complexity index is 1060. The van der Waals surface area contributed by atoms with Crippen LogP contribution in [-0.2, 0) is 4.74 Å². The summed E-state index contributed by atoms with van der Waals surface area (Å²) in [7, 11) is 0. The van der Waals surface area contributed by atoms with Crippen LogP contribution in [0.2, 0.25) is 0 Å². The van der Waals surface area contributed by atoms with Gasteiger partial charge in [-0.3, -0.25) is 4.98 Å². The lowest BCUT2D eigenvalue weighted by molar-refractivity contribution is 0.0527. The zero-order chi connectivity index (χ0) is 21.7. The Morgan fingerprint density at radius 3 is 2.33 bits per heavy atom. The molecule has 3 aromatic rings. The second-order valence-electron chi connectivity index (χ2n) is 6.62. The van der Waals surface area contributed by atoms with Crippen LogP contribution in [0.4, 0.5) is 17.1 Å². The Kier molecular flexibility index (Phi) is 6.51. The van der Waals surface area contributed by atoms with Crippen LogP contribution in [0.3, 0.4) is 0 Å². The number of rotatable bonds is 8. The van der Waals surface area contributed by atoms with E-state index in [4.69, 9.17) is 4.74 Å². The van der Waals surface area contributed by atoms with Gasteiger partial charge >= 0.3 is 11.9 Å². The summed E-state index contributed by atoms with van der Waals surface area (Å²) < 4.78 is 5.17. The average molecular weight is 407 g/mol. The minimum Gasteiger partial charge on any atom is -0.478 e. The summed E-state index contributed by atoms with van der Waals surface area (Å²) in [5.41, 5.74) is 2.97. The molecule has 0 aliphatic rings. The van der Waals surface area contributed by atoms with Gasteiger partial charge in [0.1, 0.15) is 5.56 Å². The number of carbonyl (C=O) groups is 2. The first-order valence-corrected chi connectivity index (χ1v) is 9.94. The number of carboxylic acids is 1. The lowest BCUT2D eigenvalue weighted by Crippen LogP contribution is -2.21. The fraction of sp³-hybridized carbons (Fsp3) is 0.261. The highest BCUT2D eigenvalue weighted by molar-refractivity contribution is 6.10. The summed E-state index contributed by atoms with van der Waals surface area (Å²) in [5, 5.41) is 13.3. The first-order valence-electron chi connectivity index (χ1n) is 9.94. The number of carbonyl (C=O) groups excluding carboxylic acids is 1. The van der Waals surface area contributed by atoms with Crippen LogP contribution in [-0.4, -0.2) is 41.7 Å². The average Bonchev–Trinajstić information content (AvgIpc) is 2.75. The Hall–Kier alpha value is -3.61. The number of nitrogens with one attached hydrogen (secondary N) is 1. The number of fused-ring (bicyclic) bond motifs is 1. The van der Waals surface area contributed by atoms with Gasteiger partial charge < -0.3 is 20.1 Å². The smallest absolute Gasteiger partial charge is 0.341 e. The van der Waals surface area contributed by atoms with Gasteiger partial charge in [0.05, 0.1) is 23.4 Å². The Balaban J connectivity index is 2.10. The minimum absolute atomic E-state index is 0.0721. The van der Waals surface area contributed by atoms with Gasteiger partial charge in [-0.25, -0.2) is 9.59 Å². The molecular formula is C23H25N3O4. The van der Waals surface area contributed by atoms with Gasteiger partial charge in [-0.15, -0.1) is 0 Å². The molecule has 0 fully saturated rings. The van der Waals surface area contributed by atoms with Gasteiger partial charge in [0, 0.05) is 36.0 Å². The monoisotopic (exact) mass is 407 g/mol. The van der Waals surface area contributed by atoms with E-state index in [-0.39, 0.29) is 17.7 Å². The minimum atomic E-state index is -1.08. The summed E-state index contributed by atoms with van der Waals surface area (Å²) in [6.07, 6.45) is 1.36. The fourth-order valence-electron chi connectivity index (χ4n) is 3.38. The van der Waals surface area contributed by atoms with Crippen LogP contribution >= 0.6 is 0 Å². The zero-order valence-electron chi connectivity index (χ0n) is 17.3. The molecule has 0 saturated heterocycles. The van der Waals surface area contributed by atoms with Crippen LogP contribution in [0.25, 0.3) is 10.9 Å². The summed E-state index contributed by atoms with van der Waals surface area (Å²) >= 11 is 0. The standard InChI is InChI=1S/C23H25N3O4/c1-4-26(5-2)16-12-10-15(11-13-16)25-21-17-8-7-9-18(22(27)28)20(17)24-14-19(21)23(29)30-6-3/h7-14H,4-6H2,1-3H3,(H,24,25)(H,27,28). The Labute approximate surface area is 175 Å². The Morgan fingerprint density at radius 2 is 1.73 bits per heavy atom. The van der Waals surface area contributed by atoms with E-state index in [0.717, 1.165) is 24.5 Å². The van der Waals surface area contributed by atoms with E-state index < -0.39 is 11.9 Å². The van der Waals surface area contributed by atoms with Crippen LogP contribution in [0, 0.1) is 0 Å². The molecule has 7 heteroatoms. The summed E-state index contributed by atoms with van der Waals surface area (Å²) in [5.74, 6) is -1.60. The van der Waals surface area contributed by atoms with E-state index in [2.05, 4.69) is 29.0 Å². The molecule has 30 heavy (non-hydrogen) atoms. The molecule has 0 amide bonds.